The first-order valence-corrected chi connectivity index (χ1v) is 7.51. The molecule has 0 bridgehead atoms. The van der Waals surface area contributed by atoms with Crippen LogP contribution < -0.4 is 4.74 Å². The molecule has 2 aromatic rings. The zero-order valence-corrected chi connectivity index (χ0v) is 14.0. The summed E-state index contributed by atoms with van der Waals surface area (Å²) in [4.78, 5) is 14.5. The smallest absolute Gasteiger partial charge is 0.142 e. The maximum atomic E-state index is 10.4. The summed E-state index contributed by atoms with van der Waals surface area (Å²) in [7, 11) is 1.00. The molecule has 128 valence electrons. The maximum absolute atomic E-state index is 10.4. The molecule has 2 rings (SSSR count). The molecular weight excluding hydrogens is 332 g/mol. The van der Waals surface area contributed by atoms with Crippen LogP contribution >= 0.6 is 11.6 Å². The average molecular weight is 351 g/mol. The molecule has 0 amide bonds. The molecule has 0 fully saturated rings. The Bertz CT molecular complexity index is 678. The number of hydrogen-bond acceptors (Lipinski definition) is 6. The molecule has 0 radical (unpaired) electrons. The standard InChI is InChI=1S/C16H15ClN2O3.CH4O/c17-13-8-12(14(18)5-3-7-20)15(21)9-16(13)22-10-11-4-1-2-6-19-11;1-2/h1-2,4,6-9,18,21H,3,5,10H2;2H,1H3. The molecule has 1 aromatic heterocycles. The van der Waals surface area contributed by atoms with Crippen molar-refractivity contribution in [2.45, 2.75) is 19.4 Å². The number of halogens is 1. The third-order valence-electron chi connectivity index (χ3n) is 2.99. The number of phenolic OH excluding ortho intramolecular Hbond substituents is 1. The second kappa shape index (κ2) is 10.4. The van der Waals surface area contributed by atoms with Crippen LogP contribution in [0.2, 0.25) is 5.02 Å². The summed E-state index contributed by atoms with van der Waals surface area (Å²) in [5, 5.41) is 25.1. The maximum Gasteiger partial charge on any atom is 0.142 e. The number of aliphatic hydroxyl groups is 1. The fourth-order valence-electron chi connectivity index (χ4n) is 1.87. The van der Waals surface area contributed by atoms with Crippen molar-refractivity contribution < 1.29 is 19.7 Å². The van der Waals surface area contributed by atoms with E-state index in [0.29, 0.717) is 16.3 Å². The van der Waals surface area contributed by atoms with Gasteiger partial charge in [0.2, 0.25) is 0 Å². The molecule has 0 aliphatic rings. The van der Waals surface area contributed by atoms with E-state index in [2.05, 4.69) is 4.98 Å². The first-order chi connectivity index (χ1) is 11.6. The van der Waals surface area contributed by atoms with Crippen LogP contribution in [0.4, 0.5) is 0 Å². The highest BCUT2D eigenvalue weighted by atomic mass is 35.5. The summed E-state index contributed by atoms with van der Waals surface area (Å²) in [6.07, 6.45) is 2.88. The van der Waals surface area contributed by atoms with E-state index in [4.69, 9.17) is 26.9 Å². The lowest BCUT2D eigenvalue weighted by Gasteiger charge is -2.11. The lowest BCUT2D eigenvalue weighted by Crippen LogP contribution is -2.02. The summed E-state index contributed by atoms with van der Waals surface area (Å²) in [6, 6.07) is 8.31. The molecule has 0 saturated carbocycles. The Hall–Kier alpha value is -2.44. The van der Waals surface area contributed by atoms with Gasteiger partial charge in [0, 0.05) is 37.1 Å². The minimum atomic E-state index is -0.101. The zero-order valence-electron chi connectivity index (χ0n) is 13.2. The van der Waals surface area contributed by atoms with Gasteiger partial charge in [0.25, 0.3) is 0 Å². The molecule has 0 unspecified atom stereocenters. The first-order valence-electron chi connectivity index (χ1n) is 7.13. The number of hydrogen-bond donors (Lipinski definition) is 3. The second-order valence-electron chi connectivity index (χ2n) is 4.59. The Morgan fingerprint density at radius 2 is 2.12 bits per heavy atom. The van der Waals surface area contributed by atoms with E-state index in [9.17, 15) is 9.90 Å². The normalized spacial score (nSPS) is 9.62. The third-order valence-corrected chi connectivity index (χ3v) is 3.28. The van der Waals surface area contributed by atoms with Crippen LogP contribution in [0.1, 0.15) is 24.1 Å². The van der Waals surface area contributed by atoms with E-state index in [1.807, 2.05) is 18.2 Å². The van der Waals surface area contributed by atoms with Crippen molar-refractivity contribution in [1.29, 1.82) is 5.41 Å². The number of nitrogens with zero attached hydrogens (tertiary/aromatic N) is 1. The minimum Gasteiger partial charge on any atom is -0.507 e. The van der Waals surface area contributed by atoms with Crippen molar-refractivity contribution in [2.24, 2.45) is 0 Å². The highest BCUT2D eigenvalue weighted by molar-refractivity contribution is 6.32. The zero-order chi connectivity index (χ0) is 17.9. The van der Waals surface area contributed by atoms with Crippen LogP contribution in [0.15, 0.2) is 36.5 Å². The molecule has 0 saturated heterocycles. The van der Waals surface area contributed by atoms with Gasteiger partial charge in [0.1, 0.15) is 24.4 Å². The highest BCUT2D eigenvalue weighted by Gasteiger charge is 2.13. The Morgan fingerprint density at radius 1 is 1.38 bits per heavy atom. The molecule has 0 atom stereocenters. The fourth-order valence-corrected chi connectivity index (χ4v) is 2.09. The summed E-state index contributed by atoms with van der Waals surface area (Å²) < 4.78 is 5.54. The largest absolute Gasteiger partial charge is 0.507 e. The van der Waals surface area contributed by atoms with Gasteiger partial charge in [0.05, 0.1) is 10.7 Å². The van der Waals surface area contributed by atoms with E-state index >= 15 is 0 Å². The molecule has 1 heterocycles. The number of aliphatic hydroxyl groups excluding tert-OH is 1. The van der Waals surface area contributed by atoms with Gasteiger partial charge < -0.3 is 25.2 Å². The number of aromatic nitrogens is 1. The van der Waals surface area contributed by atoms with Crippen LogP contribution in [0, 0.1) is 5.41 Å². The lowest BCUT2D eigenvalue weighted by molar-refractivity contribution is -0.107. The van der Waals surface area contributed by atoms with E-state index in [-0.39, 0.29) is 30.9 Å². The molecule has 7 heteroatoms. The van der Waals surface area contributed by atoms with Gasteiger partial charge in [-0.2, -0.15) is 0 Å². The van der Waals surface area contributed by atoms with Crippen molar-refractivity contribution in [3.05, 3.63) is 52.8 Å². The van der Waals surface area contributed by atoms with E-state index in [1.54, 1.807) is 6.20 Å². The number of benzene rings is 1. The number of carbonyl (C=O) groups is 1. The van der Waals surface area contributed by atoms with Crippen LogP contribution in [-0.4, -0.2) is 34.3 Å². The molecule has 0 aliphatic heterocycles. The van der Waals surface area contributed by atoms with Gasteiger partial charge in [-0.3, -0.25) is 4.98 Å². The topological polar surface area (TPSA) is 104 Å². The number of rotatable bonds is 7. The predicted molar refractivity (Wildman–Crippen MR) is 92.0 cm³/mol. The van der Waals surface area contributed by atoms with Crippen LogP contribution in [0.25, 0.3) is 0 Å². The van der Waals surface area contributed by atoms with Gasteiger partial charge in [-0.1, -0.05) is 17.7 Å². The van der Waals surface area contributed by atoms with E-state index < -0.39 is 0 Å². The van der Waals surface area contributed by atoms with Gasteiger partial charge >= 0.3 is 0 Å². The number of ether oxygens (including phenoxy) is 1. The first kappa shape index (κ1) is 19.6. The lowest BCUT2D eigenvalue weighted by atomic mass is 10.0. The van der Waals surface area contributed by atoms with Crippen molar-refractivity contribution in [3.63, 3.8) is 0 Å². The fraction of sp³-hybridized carbons (Fsp3) is 0.235. The van der Waals surface area contributed by atoms with Crippen molar-refractivity contribution in [1.82, 2.24) is 4.98 Å². The molecule has 0 aliphatic carbocycles. The SMILES string of the molecule is CO.N=C(CCC=O)c1cc(Cl)c(OCc2ccccn2)cc1O. The van der Waals surface area contributed by atoms with Crippen LogP contribution in [0.5, 0.6) is 11.5 Å². The van der Waals surface area contributed by atoms with Gasteiger partial charge in [-0.25, -0.2) is 0 Å². The summed E-state index contributed by atoms with van der Waals surface area (Å²) in [6.45, 7) is 0.224. The van der Waals surface area contributed by atoms with Gasteiger partial charge in [0.15, 0.2) is 0 Å². The summed E-state index contributed by atoms with van der Waals surface area (Å²) >= 11 is 6.12. The molecule has 6 nitrogen and oxygen atoms in total. The average Bonchev–Trinajstić information content (AvgIpc) is 2.62. The van der Waals surface area contributed by atoms with Gasteiger partial charge in [-0.15, -0.1) is 0 Å². The van der Waals surface area contributed by atoms with Gasteiger partial charge in [-0.05, 0) is 24.6 Å². The Labute approximate surface area is 145 Å². The number of nitrogens with one attached hydrogen (secondary N) is 1. The number of phenols is 1. The number of aromatic hydroxyl groups is 1. The van der Waals surface area contributed by atoms with Crippen LogP contribution in [0.3, 0.4) is 0 Å². The highest BCUT2D eigenvalue weighted by Crippen LogP contribution is 2.33. The van der Waals surface area contributed by atoms with Crippen molar-refractivity contribution in [2.75, 3.05) is 7.11 Å². The number of aldehydes is 1. The minimum absolute atomic E-state index is 0.101. The number of pyridine rings is 1. The predicted octanol–water partition coefficient (Wildman–Crippen LogP) is 2.98. The second-order valence-corrected chi connectivity index (χ2v) is 5.00. The number of carbonyl (C=O) groups excluding carboxylic acids is 1. The van der Waals surface area contributed by atoms with Crippen molar-refractivity contribution in [3.8, 4) is 11.5 Å². The van der Waals surface area contributed by atoms with Crippen molar-refractivity contribution >= 4 is 23.6 Å². The van der Waals surface area contributed by atoms with E-state index in [1.165, 1.54) is 12.1 Å². The third kappa shape index (κ3) is 5.64. The Kier molecular flexibility index (Phi) is 8.46. The Morgan fingerprint density at radius 3 is 2.75 bits per heavy atom. The molecule has 1 aromatic carbocycles. The summed E-state index contributed by atoms with van der Waals surface area (Å²) in [5.74, 6) is 0.216. The van der Waals surface area contributed by atoms with Crippen LogP contribution in [-0.2, 0) is 11.4 Å². The molecule has 24 heavy (non-hydrogen) atoms. The molecule has 0 spiro atoms. The summed E-state index contributed by atoms with van der Waals surface area (Å²) in [5.41, 5.74) is 1.20. The van der Waals surface area contributed by atoms with E-state index in [0.717, 1.165) is 19.1 Å². The molecular formula is C17H19ClN2O4. The Balaban J connectivity index is 0.00000139. The monoisotopic (exact) mass is 350 g/mol. The molecule has 3 N–H and O–H groups in total. The quantitative estimate of drug-likeness (QED) is 0.526.